The van der Waals surface area contributed by atoms with Crippen LogP contribution in [0.3, 0.4) is 0 Å². The number of amides is 2. The topological polar surface area (TPSA) is 85.8 Å². The highest BCUT2D eigenvalue weighted by Crippen LogP contribution is 2.36. The van der Waals surface area contributed by atoms with Gasteiger partial charge in [0.15, 0.2) is 0 Å². The Morgan fingerprint density at radius 1 is 1.08 bits per heavy atom. The number of para-hydroxylation sites is 1. The third-order valence-electron chi connectivity index (χ3n) is 4.27. The number of fused-ring (bicyclic) bond motifs is 1. The molecule has 2 aromatic carbocycles. The molecule has 126 valence electrons. The molecule has 4 rings (SSSR count). The zero-order chi connectivity index (χ0) is 18.1. The lowest BCUT2D eigenvalue weighted by atomic mass is 9.96. The molecule has 1 aliphatic heterocycles. The van der Waals surface area contributed by atoms with Crippen LogP contribution in [-0.2, 0) is 11.2 Å². The second-order valence-electron chi connectivity index (χ2n) is 5.88. The van der Waals surface area contributed by atoms with E-state index in [0.717, 1.165) is 39.4 Å². The van der Waals surface area contributed by atoms with Gasteiger partial charge in [0, 0.05) is 22.7 Å². The Morgan fingerprint density at radius 2 is 1.85 bits per heavy atom. The van der Waals surface area contributed by atoms with Crippen LogP contribution in [0.25, 0.3) is 16.5 Å². The maximum absolute atomic E-state index is 12.3. The number of H-pyrrole nitrogens is 1. The van der Waals surface area contributed by atoms with Gasteiger partial charge in [-0.25, -0.2) is 0 Å². The van der Waals surface area contributed by atoms with Crippen LogP contribution >= 0.6 is 11.8 Å². The molecule has 26 heavy (non-hydrogen) atoms. The van der Waals surface area contributed by atoms with Crippen molar-refractivity contribution in [2.24, 2.45) is 0 Å². The van der Waals surface area contributed by atoms with Gasteiger partial charge >= 0.3 is 0 Å². The van der Waals surface area contributed by atoms with Crippen molar-refractivity contribution in [2.45, 2.75) is 6.42 Å². The Labute approximate surface area is 153 Å². The Hall–Kier alpha value is -3.30. The molecule has 2 amide bonds. The number of thioether (sulfide) groups is 1. The Bertz CT molecular complexity index is 1100. The van der Waals surface area contributed by atoms with E-state index in [2.05, 4.69) is 16.4 Å². The van der Waals surface area contributed by atoms with E-state index in [1.807, 2.05) is 42.6 Å². The molecule has 0 bridgehead atoms. The summed E-state index contributed by atoms with van der Waals surface area (Å²) in [4.78, 5) is 27.6. The molecule has 0 atom stereocenters. The summed E-state index contributed by atoms with van der Waals surface area (Å²) >= 11 is 0.929. The van der Waals surface area contributed by atoms with Gasteiger partial charge in [0.25, 0.3) is 11.1 Å². The third-order valence-corrected chi connectivity index (χ3v) is 5.19. The second kappa shape index (κ2) is 6.54. The van der Waals surface area contributed by atoms with Gasteiger partial charge in [0.2, 0.25) is 0 Å². The van der Waals surface area contributed by atoms with Crippen LogP contribution in [0.5, 0.6) is 0 Å². The van der Waals surface area contributed by atoms with E-state index in [-0.39, 0.29) is 11.1 Å². The summed E-state index contributed by atoms with van der Waals surface area (Å²) < 4.78 is 0. The monoisotopic (exact) mass is 359 g/mol. The van der Waals surface area contributed by atoms with E-state index in [9.17, 15) is 9.59 Å². The minimum atomic E-state index is -0.367. The zero-order valence-electron chi connectivity index (χ0n) is 13.6. The van der Waals surface area contributed by atoms with Crippen LogP contribution in [-0.4, -0.2) is 16.1 Å². The van der Waals surface area contributed by atoms with Crippen molar-refractivity contribution in [2.75, 3.05) is 0 Å². The van der Waals surface area contributed by atoms with Gasteiger partial charge in [-0.05, 0) is 47.5 Å². The van der Waals surface area contributed by atoms with Crippen LogP contribution in [0.2, 0.25) is 0 Å². The normalized spacial score (nSPS) is 15.8. The Balaban J connectivity index is 1.85. The van der Waals surface area contributed by atoms with Crippen LogP contribution in [0.4, 0.5) is 4.79 Å². The summed E-state index contributed by atoms with van der Waals surface area (Å²) in [7, 11) is 0. The van der Waals surface area contributed by atoms with Crippen molar-refractivity contribution in [1.82, 2.24) is 10.3 Å². The number of nitrogens with zero attached hydrogens (tertiary/aromatic N) is 1. The summed E-state index contributed by atoms with van der Waals surface area (Å²) in [6.07, 6.45) is 2.35. The standard InChI is InChI=1S/C20H13N3O2S/c21-10-13-7-5-12(6-8-13)9-15(18-19(24)23-20(25)26-18)16-11-22-17-4-2-1-3-14(16)17/h1-8,11,22H,9H2,(H,23,24,25). The van der Waals surface area contributed by atoms with Crippen molar-refractivity contribution >= 4 is 39.4 Å². The minimum absolute atomic E-state index is 0.359. The third kappa shape index (κ3) is 2.89. The predicted molar refractivity (Wildman–Crippen MR) is 101 cm³/mol. The second-order valence-corrected chi connectivity index (χ2v) is 6.87. The number of carbonyl (C=O) groups is 2. The number of rotatable bonds is 3. The van der Waals surface area contributed by atoms with E-state index < -0.39 is 0 Å². The van der Waals surface area contributed by atoms with E-state index in [1.54, 1.807) is 12.1 Å². The number of nitriles is 1. The van der Waals surface area contributed by atoms with E-state index >= 15 is 0 Å². The van der Waals surface area contributed by atoms with Gasteiger partial charge in [-0.15, -0.1) is 0 Å². The first-order valence-corrected chi connectivity index (χ1v) is 8.79. The summed E-state index contributed by atoms with van der Waals surface area (Å²) in [6.45, 7) is 0. The molecule has 1 fully saturated rings. The number of nitrogens with one attached hydrogen (secondary N) is 2. The fraction of sp³-hybridized carbons (Fsp3) is 0.0500. The molecule has 1 aromatic heterocycles. The van der Waals surface area contributed by atoms with Gasteiger partial charge in [-0.2, -0.15) is 5.26 Å². The average molecular weight is 359 g/mol. The van der Waals surface area contributed by atoms with Crippen LogP contribution in [0.1, 0.15) is 16.7 Å². The van der Waals surface area contributed by atoms with E-state index in [1.165, 1.54) is 0 Å². The predicted octanol–water partition coefficient (Wildman–Crippen LogP) is 3.98. The molecule has 0 aliphatic carbocycles. The molecule has 0 spiro atoms. The lowest BCUT2D eigenvalue weighted by Crippen LogP contribution is -2.18. The summed E-state index contributed by atoms with van der Waals surface area (Å²) in [6, 6.07) is 17.2. The summed E-state index contributed by atoms with van der Waals surface area (Å²) in [5, 5.41) is 11.9. The molecule has 0 radical (unpaired) electrons. The van der Waals surface area contributed by atoms with Gasteiger partial charge < -0.3 is 4.98 Å². The molecule has 2 heterocycles. The van der Waals surface area contributed by atoms with E-state index in [4.69, 9.17) is 5.26 Å². The number of hydrogen-bond acceptors (Lipinski definition) is 4. The van der Waals surface area contributed by atoms with Crippen LogP contribution in [0, 0.1) is 11.3 Å². The number of carbonyl (C=O) groups excluding carboxylic acids is 2. The van der Waals surface area contributed by atoms with Crippen LogP contribution < -0.4 is 5.32 Å². The van der Waals surface area contributed by atoms with Crippen LogP contribution in [0.15, 0.2) is 59.6 Å². The maximum atomic E-state index is 12.3. The molecule has 1 saturated heterocycles. The van der Waals surface area contributed by atoms with Crippen molar-refractivity contribution in [3.05, 3.63) is 76.3 Å². The van der Waals surface area contributed by atoms with Gasteiger partial charge in [0.05, 0.1) is 16.5 Å². The molecular formula is C20H13N3O2S. The summed E-state index contributed by atoms with van der Waals surface area (Å²) in [5.74, 6) is -0.367. The first-order valence-electron chi connectivity index (χ1n) is 7.97. The maximum Gasteiger partial charge on any atom is 0.290 e. The Morgan fingerprint density at radius 3 is 2.54 bits per heavy atom. The van der Waals surface area contributed by atoms with Crippen molar-refractivity contribution in [3.8, 4) is 6.07 Å². The quantitative estimate of drug-likeness (QED) is 0.693. The lowest BCUT2D eigenvalue weighted by molar-refractivity contribution is -0.115. The molecule has 2 N–H and O–H groups in total. The first-order chi connectivity index (χ1) is 12.7. The fourth-order valence-electron chi connectivity index (χ4n) is 3.03. The highest BCUT2D eigenvalue weighted by molar-refractivity contribution is 8.18. The summed E-state index contributed by atoms with van der Waals surface area (Å²) in [5.41, 5.74) is 4.20. The molecule has 0 unspecified atom stereocenters. The highest BCUT2D eigenvalue weighted by Gasteiger charge is 2.29. The smallest absolute Gasteiger partial charge is 0.290 e. The average Bonchev–Trinajstić information content (AvgIpc) is 3.23. The molecule has 3 aromatic rings. The number of imide groups is 1. The largest absolute Gasteiger partial charge is 0.361 e. The van der Waals surface area contributed by atoms with Gasteiger partial charge in [-0.3, -0.25) is 14.9 Å². The molecule has 6 heteroatoms. The van der Waals surface area contributed by atoms with Crippen molar-refractivity contribution in [1.29, 1.82) is 5.26 Å². The first kappa shape index (κ1) is 16.2. The lowest BCUT2D eigenvalue weighted by Gasteiger charge is -2.10. The number of benzene rings is 2. The molecule has 0 saturated carbocycles. The molecule has 1 aliphatic rings. The number of allylic oxidation sites excluding steroid dienone is 1. The van der Waals surface area contributed by atoms with Crippen molar-refractivity contribution in [3.63, 3.8) is 0 Å². The number of aromatic amines is 1. The highest BCUT2D eigenvalue weighted by atomic mass is 32.2. The molecule has 5 nitrogen and oxygen atoms in total. The Kier molecular flexibility index (Phi) is 4.07. The number of aromatic nitrogens is 1. The van der Waals surface area contributed by atoms with Crippen molar-refractivity contribution < 1.29 is 9.59 Å². The van der Waals surface area contributed by atoms with Gasteiger partial charge in [0.1, 0.15) is 0 Å². The molecular weight excluding hydrogens is 346 g/mol. The van der Waals surface area contributed by atoms with Gasteiger partial charge in [-0.1, -0.05) is 30.3 Å². The minimum Gasteiger partial charge on any atom is -0.361 e. The van der Waals surface area contributed by atoms with E-state index in [0.29, 0.717) is 16.9 Å². The SMILES string of the molecule is N#Cc1ccc(CC(=C2SC(=O)NC2=O)c2c[nH]c3ccccc23)cc1. The zero-order valence-corrected chi connectivity index (χ0v) is 14.4. The fourth-order valence-corrected chi connectivity index (χ4v) is 3.81. The number of hydrogen-bond donors (Lipinski definition) is 2.